The van der Waals surface area contributed by atoms with E-state index in [4.69, 9.17) is 5.73 Å². The highest BCUT2D eigenvalue weighted by Crippen LogP contribution is 2.33. The normalized spacial score (nSPS) is 13.8. The van der Waals surface area contributed by atoms with Gasteiger partial charge < -0.3 is 5.73 Å². The highest BCUT2D eigenvalue weighted by atomic mass is 19.4. The Labute approximate surface area is 103 Å². The molecule has 0 aliphatic rings. The molecule has 2 N–H and O–H groups in total. The first-order valence-electron chi connectivity index (χ1n) is 5.69. The highest BCUT2D eigenvalue weighted by molar-refractivity contribution is 5.87. The summed E-state index contributed by atoms with van der Waals surface area (Å²) in [5, 5.41) is 1.71. The van der Waals surface area contributed by atoms with E-state index in [9.17, 15) is 13.2 Å². The molecule has 4 heteroatoms. The van der Waals surface area contributed by atoms with Crippen LogP contribution >= 0.6 is 0 Å². The van der Waals surface area contributed by atoms with Crippen molar-refractivity contribution < 1.29 is 13.2 Å². The van der Waals surface area contributed by atoms with Crippen LogP contribution in [0.1, 0.15) is 23.6 Å². The summed E-state index contributed by atoms with van der Waals surface area (Å²) in [6.45, 7) is 1.79. The third-order valence-electron chi connectivity index (χ3n) is 3.01. The largest absolute Gasteiger partial charge is 0.390 e. The van der Waals surface area contributed by atoms with Gasteiger partial charge in [-0.1, -0.05) is 36.4 Å². The fourth-order valence-electron chi connectivity index (χ4n) is 2.25. The lowest BCUT2D eigenvalue weighted by molar-refractivity contribution is -0.138. The number of hydrogen-bond acceptors (Lipinski definition) is 1. The van der Waals surface area contributed by atoms with Crippen LogP contribution in [-0.2, 0) is 0 Å². The maximum absolute atomic E-state index is 12.4. The van der Waals surface area contributed by atoms with E-state index in [1.165, 1.54) is 0 Å². The molecule has 0 amide bonds. The number of hydrogen-bond donors (Lipinski definition) is 1. The van der Waals surface area contributed by atoms with Crippen LogP contribution < -0.4 is 5.73 Å². The molecule has 0 saturated carbocycles. The molecule has 2 aromatic carbocycles. The Morgan fingerprint density at radius 1 is 1.11 bits per heavy atom. The molecule has 2 rings (SSSR count). The minimum atomic E-state index is -4.25. The van der Waals surface area contributed by atoms with Crippen molar-refractivity contribution in [2.45, 2.75) is 25.6 Å². The SMILES string of the molecule is Cc1ccc2ccccc2c1C(N)CC(F)(F)F. The second-order valence-electron chi connectivity index (χ2n) is 4.44. The van der Waals surface area contributed by atoms with Crippen LogP contribution in [0.25, 0.3) is 10.8 Å². The Bertz CT molecular complexity index is 560. The number of fused-ring (bicyclic) bond motifs is 1. The fourth-order valence-corrected chi connectivity index (χ4v) is 2.25. The van der Waals surface area contributed by atoms with Gasteiger partial charge in [0.1, 0.15) is 0 Å². The zero-order valence-electron chi connectivity index (χ0n) is 9.96. The van der Waals surface area contributed by atoms with Gasteiger partial charge in [0.05, 0.1) is 6.42 Å². The molecule has 0 fully saturated rings. The Hall–Kier alpha value is -1.55. The van der Waals surface area contributed by atoms with Gasteiger partial charge in [-0.25, -0.2) is 0 Å². The summed E-state index contributed by atoms with van der Waals surface area (Å²) in [4.78, 5) is 0. The summed E-state index contributed by atoms with van der Waals surface area (Å²) in [7, 11) is 0. The lowest BCUT2D eigenvalue weighted by atomic mass is 9.93. The van der Waals surface area contributed by atoms with E-state index in [1.54, 1.807) is 6.92 Å². The van der Waals surface area contributed by atoms with Gasteiger partial charge in [-0.2, -0.15) is 13.2 Å². The van der Waals surface area contributed by atoms with Crippen LogP contribution in [0.4, 0.5) is 13.2 Å². The predicted molar refractivity (Wildman–Crippen MR) is 66.3 cm³/mol. The average molecular weight is 253 g/mol. The maximum Gasteiger partial charge on any atom is 0.390 e. The number of halogens is 3. The molecule has 0 spiro atoms. The number of nitrogens with two attached hydrogens (primary N) is 1. The van der Waals surface area contributed by atoms with E-state index < -0.39 is 18.6 Å². The molecule has 2 aromatic rings. The smallest absolute Gasteiger partial charge is 0.324 e. The van der Waals surface area contributed by atoms with Crippen LogP contribution in [0.2, 0.25) is 0 Å². The van der Waals surface area contributed by atoms with Crippen molar-refractivity contribution in [3.8, 4) is 0 Å². The topological polar surface area (TPSA) is 26.0 Å². The van der Waals surface area contributed by atoms with Gasteiger partial charge in [-0.3, -0.25) is 0 Å². The van der Waals surface area contributed by atoms with Crippen molar-refractivity contribution in [1.82, 2.24) is 0 Å². The summed E-state index contributed by atoms with van der Waals surface area (Å²) in [6.07, 6.45) is -5.25. The summed E-state index contributed by atoms with van der Waals surface area (Å²) < 4.78 is 37.3. The van der Waals surface area contributed by atoms with Gasteiger partial charge >= 0.3 is 6.18 Å². The lowest BCUT2D eigenvalue weighted by Gasteiger charge is -2.19. The van der Waals surface area contributed by atoms with E-state index in [0.29, 0.717) is 5.56 Å². The molecule has 1 nitrogen and oxygen atoms in total. The molecule has 0 radical (unpaired) electrons. The first kappa shape index (κ1) is 12.9. The number of rotatable bonds is 2. The molecule has 1 unspecified atom stereocenters. The zero-order valence-corrected chi connectivity index (χ0v) is 9.96. The van der Waals surface area contributed by atoms with Crippen molar-refractivity contribution in [3.63, 3.8) is 0 Å². The standard InChI is InChI=1S/C14H14F3N/c1-9-6-7-10-4-2-3-5-11(10)13(9)12(18)8-14(15,16)17/h2-7,12H,8,18H2,1H3. The predicted octanol–water partition coefficient (Wildman–Crippen LogP) is 4.10. The van der Waals surface area contributed by atoms with Crippen molar-refractivity contribution in [1.29, 1.82) is 0 Å². The van der Waals surface area contributed by atoms with Crippen LogP contribution in [-0.4, -0.2) is 6.18 Å². The fraction of sp³-hybridized carbons (Fsp3) is 0.286. The molecule has 0 heterocycles. The second-order valence-corrected chi connectivity index (χ2v) is 4.44. The van der Waals surface area contributed by atoms with Crippen molar-refractivity contribution in [2.24, 2.45) is 5.73 Å². The van der Waals surface area contributed by atoms with Gasteiger partial charge in [0.25, 0.3) is 0 Å². The molecule has 0 saturated heterocycles. The lowest BCUT2D eigenvalue weighted by Crippen LogP contribution is -2.21. The first-order chi connectivity index (χ1) is 8.38. The van der Waals surface area contributed by atoms with Gasteiger partial charge in [0.2, 0.25) is 0 Å². The third kappa shape index (κ3) is 2.64. The molecule has 1 atom stereocenters. The van der Waals surface area contributed by atoms with Gasteiger partial charge in [-0.15, -0.1) is 0 Å². The summed E-state index contributed by atoms with van der Waals surface area (Å²) in [5.41, 5.74) is 7.11. The van der Waals surface area contributed by atoms with E-state index in [0.717, 1.165) is 16.3 Å². The van der Waals surface area contributed by atoms with Crippen LogP contribution in [0.3, 0.4) is 0 Å². The van der Waals surface area contributed by atoms with E-state index in [1.807, 2.05) is 36.4 Å². The number of alkyl halides is 3. The quantitative estimate of drug-likeness (QED) is 0.856. The molecule has 0 bridgehead atoms. The molecule has 0 aromatic heterocycles. The summed E-state index contributed by atoms with van der Waals surface area (Å²) in [5.74, 6) is 0. The Kier molecular flexibility index (Phi) is 3.30. The minimum Gasteiger partial charge on any atom is -0.324 e. The van der Waals surface area contributed by atoms with Gasteiger partial charge in [-0.05, 0) is 28.8 Å². The third-order valence-corrected chi connectivity index (χ3v) is 3.01. The summed E-state index contributed by atoms with van der Waals surface area (Å²) >= 11 is 0. The maximum atomic E-state index is 12.4. The summed E-state index contributed by atoms with van der Waals surface area (Å²) in [6, 6.07) is 10.0. The average Bonchev–Trinajstić information content (AvgIpc) is 2.26. The van der Waals surface area contributed by atoms with Crippen LogP contribution in [0.5, 0.6) is 0 Å². The molecule has 18 heavy (non-hydrogen) atoms. The van der Waals surface area contributed by atoms with Crippen LogP contribution in [0.15, 0.2) is 36.4 Å². The van der Waals surface area contributed by atoms with E-state index in [-0.39, 0.29) is 0 Å². The molecule has 0 aliphatic heterocycles. The zero-order chi connectivity index (χ0) is 13.3. The number of aryl methyl sites for hydroxylation is 1. The second kappa shape index (κ2) is 4.61. The Morgan fingerprint density at radius 2 is 1.78 bits per heavy atom. The Morgan fingerprint density at radius 3 is 2.44 bits per heavy atom. The molecule has 0 aliphatic carbocycles. The Balaban J connectivity index is 2.52. The van der Waals surface area contributed by atoms with Gasteiger partial charge in [0.15, 0.2) is 0 Å². The number of benzene rings is 2. The van der Waals surface area contributed by atoms with E-state index >= 15 is 0 Å². The van der Waals surface area contributed by atoms with Crippen molar-refractivity contribution in [2.75, 3.05) is 0 Å². The van der Waals surface area contributed by atoms with Crippen molar-refractivity contribution >= 4 is 10.8 Å². The molecule has 96 valence electrons. The first-order valence-corrected chi connectivity index (χ1v) is 5.69. The van der Waals surface area contributed by atoms with Crippen LogP contribution in [0, 0.1) is 6.92 Å². The van der Waals surface area contributed by atoms with E-state index in [2.05, 4.69) is 0 Å². The van der Waals surface area contributed by atoms with Crippen molar-refractivity contribution in [3.05, 3.63) is 47.5 Å². The van der Waals surface area contributed by atoms with Gasteiger partial charge in [0, 0.05) is 6.04 Å². The molecular weight excluding hydrogens is 239 g/mol. The highest BCUT2D eigenvalue weighted by Gasteiger charge is 2.31. The molecular formula is C14H14F3N. The minimum absolute atomic E-state index is 0.588. The monoisotopic (exact) mass is 253 g/mol.